The Morgan fingerprint density at radius 1 is 1.14 bits per heavy atom. The van der Waals surface area contributed by atoms with E-state index in [9.17, 15) is 0 Å². The van der Waals surface area contributed by atoms with Crippen LogP contribution in [-0.4, -0.2) is 51.0 Å². The predicted molar refractivity (Wildman–Crippen MR) is 131 cm³/mol. The van der Waals surface area contributed by atoms with Crippen molar-refractivity contribution < 1.29 is 0 Å². The Bertz CT molecular complexity index is 1530. The van der Waals surface area contributed by atoms with E-state index < -0.39 is 0 Å². The van der Waals surface area contributed by atoms with Crippen LogP contribution in [0.2, 0.25) is 0 Å². The Hall–Kier alpha value is -4.59. The summed E-state index contributed by atoms with van der Waals surface area (Å²) in [7, 11) is 0. The number of aryl methyl sites for hydroxylation is 3. The monoisotopic (exact) mass is 467 g/mol. The second-order valence-electron chi connectivity index (χ2n) is 8.72. The number of pyridine rings is 2. The second kappa shape index (κ2) is 8.98. The summed E-state index contributed by atoms with van der Waals surface area (Å²) < 4.78 is 3.50. The van der Waals surface area contributed by atoms with E-state index in [0.717, 1.165) is 40.1 Å². The SMILES string of the molecule is Cc1n[nH]c(C)c1CCn1cc(-c2cnc(-n3ncc4cc(C#N)cnc43)cc2NC(C)C)nn1. The summed E-state index contributed by atoms with van der Waals surface area (Å²) in [5.74, 6) is 0.613. The maximum Gasteiger partial charge on any atom is 0.164 e. The average molecular weight is 468 g/mol. The molecule has 0 aliphatic rings. The number of aromatic nitrogens is 9. The van der Waals surface area contributed by atoms with Gasteiger partial charge in [0.25, 0.3) is 0 Å². The Morgan fingerprint density at radius 3 is 2.74 bits per heavy atom. The number of nitrogens with one attached hydrogen (secondary N) is 2. The van der Waals surface area contributed by atoms with Crippen LogP contribution in [0.4, 0.5) is 5.69 Å². The minimum atomic E-state index is 0.191. The van der Waals surface area contributed by atoms with E-state index in [1.165, 1.54) is 11.8 Å². The zero-order valence-corrected chi connectivity index (χ0v) is 20.0. The van der Waals surface area contributed by atoms with Crippen molar-refractivity contribution in [3.63, 3.8) is 0 Å². The third-order valence-electron chi connectivity index (χ3n) is 5.77. The molecule has 5 aromatic rings. The van der Waals surface area contributed by atoms with Crippen LogP contribution in [0.3, 0.4) is 0 Å². The van der Waals surface area contributed by atoms with Gasteiger partial charge in [-0.1, -0.05) is 5.21 Å². The van der Waals surface area contributed by atoms with E-state index in [4.69, 9.17) is 5.26 Å². The maximum absolute atomic E-state index is 9.13. The number of fused-ring (bicyclic) bond motifs is 1. The lowest BCUT2D eigenvalue weighted by atomic mass is 10.1. The molecule has 0 bridgehead atoms. The summed E-state index contributed by atoms with van der Waals surface area (Å²) in [5.41, 5.74) is 6.87. The third-order valence-corrected chi connectivity index (χ3v) is 5.77. The standard InChI is InChI=1S/C24H25N11/c1-14(2)29-21-8-23(35-24-18(11-28-35)7-17(9-25)10-27-24)26-12-20(21)22-13-34(33-32-22)6-5-19-15(3)30-31-16(19)4/h7-8,10-14H,5-6H2,1-4H3,(H,26,29)(H,30,31). The van der Waals surface area contributed by atoms with Crippen LogP contribution in [0.1, 0.15) is 36.4 Å². The number of nitriles is 1. The van der Waals surface area contributed by atoms with Gasteiger partial charge in [0.2, 0.25) is 0 Å². The molecule has 0 aliphatic heterocycles. The van der Waals surface area contributed by atoms with Crippen molar-refractivity contribution in [3.05, 3.63) is 59.4 Å². The van der Waals surface area contributed by atoms with Gasteiger partial charge >= 0.3 is 0 Å². The molecule has 2 N–H and O–H groups in total. The van der Waals surface area contributed by atoms with Gasteiger partial charge < -0.3 is 5.32 Å². The van der Waals surface area contributed by atoms with Crippen LogP contribution in [0, 0.1) is 25.2 Å². The molecule has 0 aliphatic carbocycles. The smallest absolute Gasteiger partial charge is 0.164 e. The molecule has 11 heteroatoms. The topological polar surface area (TPSA) is 139 Å². The van der Waals surface area contributed by atoms with Gasteiger partial charge in [0.05, 0.1) is 23.7 Å². The minimum Gasteiger partial charge on any atom is -0.382 e. The molecule has 0 fully saturated rings. The number of H-pyrrole nitrogens is 1. The van der Waals surface area contributed by atoms with Crippen molar-refractivity contribution >= 4 is 16.7 Å². The molecule has 0 spiro atoms. The molecule has 11 nitrogen and oxygen atoms in total. The first kappa shape index (κ1) is 22.2. The quantitative estimate of drug-likeness (QED) is 0.371. The molecular weight excluding hydrogens is 442 g/mol. The van der Waals surface area contributed by atoms with Crippen molar-refractivity contribution in [2.24, 2.45) is 0 Å². The molecule has 176 valence electrons. The predicted octanol–water partition coefficient (Wildman–Crippen LogP) is 3.35. The number of nitrogens with zero attached hydrogens (tertiary/aromatic N) is 9. The number of hydrogen-bond donors (Lipinski definition) is 2. The van der Waals surface area contributed by atoms with E-state index in [-0.39, 0.29) is 6.04 Å². The van der Waals surface area contributed by atoms with Crippen molar-refractivity contribution in [2.75, 3.05) is 5.32 Å². The van der Waals surface area contributed by atoms with E-state index in [2.05, 4.69) is 60.8 Å². The molecular formula is C24H25N11. The first-order valence-corrected chi connectivity index (χ1v) is 11.3. The summed E-state index contributed by atoms with van der Waals surface area (Å²) in [5, 5.41) is 33.9. The van der Waals surface area contributed by atoms with Crippen LogP contribution in [0.5, 0.6) is 0 Å². The van der Waals surface area contributed by atoms with Crippen LogP contribution < -0.4 is 5.32 Å². The molecule has 5 aromatic heterocycles. The molecule has 5 heterocycles. The highest BCUT2D eigenvalue weighted by molar-refractivity contribution is 5.79. The molecule has 0 radical (unpaired) electrons. The normalized spacial score (nSPS) is 11.3. The highest BCUT2D eigenvalue weighted by atomic mass is 15.4. The van der Waals surface area contributed by atoms with Gasteiger partial charge in [-0.25, -0.2) is 9.97 Å². The summed E-state index contributed by atoms with van der Waals surface area (Å²) in [4.78, 5) is 9.05. The van der Waals surface area contributed by atoms with E-state index in [0.29, 0.717) is 23.6 Å². The molecule has 0 amide bonds. The highest BCUT2D eigenvalue weighted by Gasteiger charge is 2.16. The summed E-state index contributed by atoms with van der Waals surface area (Å²) in [6, 6.07) is 5.99. The number of hydrogen-bond acceptors (Lipinski definition) is 8. The molecule has 0 atom stereocenters. The van der Waals surface area contributed by atoms with Gasteiger partial charge in [-0.3, -0.25) is 9.78 Å². The van der Waals surface area contributed by atoms with Gasteiger partial charge in [0.1, 0.15) is 11.8 Å². The average Bonchev–Trinajstić information content (AvgIpc) is 3.56. The minimum absolute atomic E-state index is 0.191. The van der Waals surface area contributed by atoms with Gasteiger partial charge in [-0.05, 0) is 45.7 Å². The van der Waals surface area contributed by atoms with Gasteiger partial charge in [-0.15, -0.1) is 5.10 Å². The van der Waals surface area contributed by atoms with Crippen LogP contribution in [0.25, 0.3) is 28.1 Å². The summed E-state index contributed by atoms with van der Waals surface area (Å²) >= 11 is 0. The Morgan fingerprint density at radius 2 is 2.00 bits per heavy atom. The molecule has 0 saturated carbocycles. The number of aromatic amines is 1. The van der Waals surface area contributed by atoms with Crippen molar-refractivity contribution in [3.8, 4) is 23.1 Å². The lowest BCUT2D eigenvalue weighted by Crippen LogP contribution is -2.12. The first-order valence-electron chi connectivity index (χ1n) is 11.3. The Kier molecular flexibility index (Phi) is 5.70. The fourth-order valence-corrected chi connectivity index (χ4v) is 4.04. The molecule has 35 heavy (non-hydrogen) atoms. The lowest BCUT2D eigenvalue weighted by Gasteiger charge is -2.14. The van der Waals surface area contributed by atoms with E-state index in [1.807, 2.05) is 30.8 Å². The molecule has 0 unspecified atom stereocenters. The molecule has 5 rings (SSSR count). The molecule has 0 aromatic carbocycles. The van der Waals surface area contributed by atoms with Crippen LogP contribution in [-0.2, 0) is 13.0 Å². The van der Waals surface area contributed by atoms with Crippen LogP contribution in [0.15, 0.2) is 36.9 Å². The fraction of sp³-hybridized carbons (Fsp3) is 0.292. The Labute approximate surface area is 201 Å². The lowest BCUT2D eigenvalue weighted by molar-refractivity contribution is 0.587. The van der Waals surface area contributed by atoms with Crippen molar-refractivity contribution in [1.29, 1.82) is 5.26 Å². The van der Waals surface area contributed by atoms with E-state index in [1.54, 1.807) is 23.1 Å². The highest BCUT2D eigenvalue weighted by Crippen LogP contribution is 2.29. The second-order valence-corrected chi connectivity index (χ2v) is 8.72. The zero-order chi connectivity index (χ0) is 24.5. The largest absolute Gasteiger partial charge is 0.382 e. The fourth-order valence-electron chi connectivity index (χ4n) is 4.04. The van der Waals surface area contributed by atoms with Crippen LogP contribution >= 0.6 is 0 Å². The van der Waals surface area contributed by atoms with Crippen molar-refractivity contribution in [1.82, 2.24) is 44.9 Å². The van der Waals surface area contributed by atoms with Crippen molar-refractivity contribution in [2.45, 2.75) is 46.7 Å². The number of rotatable bonds is 7. The number of anilines is 1. The third kappa shape index (κ3) is 4.33. The van der Waals surface area contributed by atoms with Gasteiger partial charge in [0.15, 0.2) is 11.5 Å². The summed E-state index contributed by atoms with van der Waals surface area (Å²) in [6.07, 6.45) is 7.74. The van der Waals surface area contributed by atoms with E-state index >= 15 is 0 Å². The van der Waals surface area contributed by atoms with Gasteiger partial charge in [0, 0.05) is 53.4 Å². The summed E-state index contributed by atoms with van der Waals surface area (Å²) in [6.45, 7) is 8.88. The first-order chi connectivity index (χ1) is 16.9. The zero-order valence-electron chi connectivity index (χ0n) is 20.0. The molecule has 0 saturated heterocycles. The van der Waals surface area contributed by atoms with Gasteiger partial charge in [-0.2, -0.15) is 20.1 Å². The Balaban J connectivity index is 1.46. The maximum atomic E-state index is 9.13.